The van der Waals surface area contributed by atoms with E-state index in [-0.39, 0.29) is 5.69 Å². The van der Waals surface area contributed by atoms with Gasteiger partial charge < -0.3 is 4.74 Å². The van der Waals surface area contributed by atoms with E-state index in [2.05, 4.69) is 25.5 Å². The van der Waals surface area contributed by atoms with Crippen LogP contribution in [0.15, 0.2) is 47.6 Å². The fraction of sp³-hybridized carbons (Fsp3) is 0.111. The Morgan fingerprint density at radius 3 is 2.65 bits per heavy atom. The number of hydrogen-bond donors (Lipinski definition) is 2. The highest BCUT2D eigenvalue weighted by Gasteiger charge is 2.11. The van der Waals surface area contributed by atoms with Crippen LogP contribution in [0.4, 0.5) is 0 Å². The van der Waals surface area contributed by atoms with Crippen molar-refractivity contribution in [3.63, 3.8) is 0 Å². The summed E-state index contributed by atoms with van der Waals surface area (Å²) in [4.78, 5) is 25.7. The lowest BCUT2D eigenvalue weighted by Crippen LogP contribution is -2.18. The predicted molar refractivity (Wildman–Crippen MR) is 99.5 cm³/mol. The second kappa shape index (κ2) is 7.75. The van der Waals surface area contributed by atoms with Crippen LogP contribution in [0.5, 0.6) is 0 Å². The van der Waals surface area contributed by atoms with Crippen molar-refractivity contribution in [3.8, 4) is 10.6 Å². The Hall–Kier alpha value is -3.26. The van der Waals surface area contributed by atoms with Crippen LogP contribution in [0.1, 0.15) is 31.3 Å². The first-order valence-electron chi connectivity index (χ1n) is 7.71. The number of aryl methyl sites for hydroxylation is 1. The molecule has 0 bridgehead atoms. The second-order valence-electron chi connectivity index (χ2n) is 5.39. The van der Waals surface area contributed by atoms with Gasteiger partial charge in [0.25, 0.3) is 5.91 Å². The molecule has 2 heterocycles. The molecular formula is C18H16N4O3S. The third-order valence-corrected chi connectivity index (χ3v) is 4.56. The molecule has 0 unspecified atom stereocenters. The lowest BCUT2D eigenvalue weighted by Gasteiger charge is -1.99. The molecule has 26 heavy (non-hydrogen) atoms. The maximum Gasteiger partial charge on any atom is 0.337 e. The summed E-state index contributed by atoms with van der Waals surface area (Å²) >= 11 is 1.62. The quantitative estimate of drug-likeness (QED) is 0.411. The Kier molecular flexibility index (Phi) is 5.23. The standard InChI is InChI=1S/C18H16N4O3S/c1-11-3-8-16(26-11)14-9-15(21-20-14)17(23)22-19-10-12-4-6-13(7-5-12)18(24)25-2/h3-10H,1-2H3,(H,20,21)(H,22,23). The van der Waals surface area contributed by atoms with Crippen molar-refractivity contribution in [2.45, 2.75) is 6.92 Å². The van der Waals surface area contributed by atoms with E-state index in [4.69, 9.17) is 0 Å². The number of carbonyl (C=O) groups is 2. The highest BCUT2D eigenvalue weighted by atomic mass is 32.1. The number of hydrogen-bond acceptors (Lipinski definition) is 6. The third kappa shape index (κ3) is 4.04. The van der Waals surface area contributed by atoms with Crippen molar-refractivity contribution in [1.82, 2.24) is 15.6 Å². The number of methoxy groups -OCH3 is 1. The molecule has 7 nitrogen and oxygen atoms in total. The topological polar surface area (TPSA) is 96.4 Å². The number of nitrogens with one attached hydrogen (secondary N) is 2. The number of ether oxygens (including phenoxy) is 1. The van der Waals surface area contributed by atoms with Gasteiger partial charge in [-0.1, -0.05) is 12.1 Å². The summed E-state index contributed by atoms with van der Waals surface area (Å²) in [5.74, 6) is -0.819. The lowest BCUT2D eigenvalue weighted by molar-refractivity contribution is 0.0600. The van der Waals surface area contributed by atoms with Gasteiger partial charge in [0, 0.05) is 4.88 Å². The molecule has 0 radical (unpaired) electrons. The van der Waals surface area contributed by atoms with Gasteiger partial charge in [0.1, 0.15) is 0 Å². The van der Waals surface area contributed by atoms with Crippen molar-refractivity contribution < 1.29 is 14.3 Å². The van der Waals surface area contributed by atoms with E-state index in [1.165, 1.54) is 18.2 Å². The third-order valence-electron chi connectivity index (χ3n) is 3.53. The zero-order valence-corrected chi connectivity index (χ0v) is 15.0. The van der Waals surface area contributed by atoms with Crippen LogP contribution in [0.2, 0.25) is 0 Å². The number of thiophene rings is 1. The summed E-state index contributed by atoms with van der Waals surface area (Å²) in [7, 11) is 1.33. The van der Waals surface area contributed by atoms with Crippen LogP contribution in [0.25, 0.3) is 10.6 Å². The monoisotopic (exact) mass is 368 g/mol. The smallest absolute Gasteiger partial charge is 0.337 e. The molecule has 0 saturated heterocycles. The largest absolute Gasteiger partial charge is 0.465 e. The zero-order valence-electron chi connectivity index (χ0n) is 14.1. The number of rotatable bonds is 5. The van der Waals surface area contributed by atoms with Crippen molar-refractivity contribution in [2.75, 3.05) is 7.11 Å². The number of esters is 1. The number of carbonyl (C=O) groups excluding carboxylic acids is 2. The van der Waals surface area contributed by atoms with Crippen LogP contribution < -0.4 is 5.43 Å². The van der Waals surface area contributed by atoms with E-state index >= 15 is 0 Å². The molecule has 1 aromatic carbocycles. The van der Waals surface area contributed by atoms with Crippen LogP contribution in [0.3, 0.4) is 0 Å². The normalized spacial score (nSPS) is 10.8. The minimum Gasteiger partial charge on any atom is -0.465 e. The van der Waals surface area contributed by atoms with Gasteiger partial charge >= 0.3 is 5.97 Å². The minimum absolute atomic E-state index is 0.254. The number of aromatic nitrogens is 2. The minimum atomic E-state index is -0.414. The van der Waals surface area contributed by atoms with Gasteiger partial charge in [-0.05, 0) is 42.8 Å². The predicted octanol–water partition coefficient (Wildman–Crippen LogP) is 3.00. The van der Waals surface area contributed by atoms with Gasteiger partial charge in [-0.3, -0.25) is 9.89 Å². The van der Waals surface area contributed by atoms with Crippen molar-refractivity contribution in [3.05, 3.63) is 64.2 Å². The Morgan fingerprint density at radius 2 is 2.00 bits per heavy atom. The summed E-state index contributed by atoms with van der Waals surface area (Å²) in [6.07, 6.45) is 1.48. The van der Waals surface area contributed by atoms with Crippen molar-refractivity contribution in [2.24, 2.45) is 5.10 Å². The average molecular weight is 368 g/mol. The first-order valence-corrected chi connectivity index (χ1v) is 8.52. The number of hydrazone groups is 1. The molecule has 0 saturated carbocycles. The number of aromatic amines is 1. The van der Waals surface area contributed by atoms with Crippen molar-refractivity contribution >= 4 is 29.4 Å². The van der Waals surface area contributed by atoms with Crippen LogP contribution in [-0.2, 0) is 4.74 Å². The van der Waals surface area contributed by atoms with Gasteiger partial charge in [-0.2, -0.15) is 10.2 Å². The highest BCUT2D eigenvalue weighted by molar-refractivity contribution is 7.15. The van der Waals surface area contributed by atoms with Crippen LogP contribution in [0, 0.1) is 6.92 Å². The van der Waals surface area contributed by atoms with Gasteiger partial charge in [0.2, 0.25) is 0 Å². The Balaban J connectivity index is 1.61. The van der Waals surface area contributed by atoms with Crippen LogP contribution in [-0.4, -0.2) is 35.4 Å². The van der Waals surface area contributed by atoms with E-state index in [9.17, 15) is 9.59 Å². The molecule has 0 fully saturated rings. The maximum absolute atomic E-state index is 12.1. The summed E-state index contributed by atoms with van der Waals surface area (Å²) in [6, 6.07) is 12.3. The molecule has 0 spiro atoms. The highest BCUT2D eigenvalue weighted by Crippen LogP contribution is 2.26. The molecule has 0 aliphatic rings. The van der Waals surface area contributed by atoms with E-state index < -0.39 is 11.9 Å². The number of amides is 1. The fourth-order valence-corrected chi connectivity index (χ4v) is 3.02. The first-order chi connectivity index (χ1) is 12.6. The van der Waals surface area contributed by atoms with Gasteiger partial charge in [0.15, 0.2) is 5.69 Å². The molecule has 132 valence electrons. The van der Waals surface area contributed by atoms with Gasteiger partial charge in [-0.15, -0.1) is 11.3 Å². The molecule has 2 aromatic heterocycles. The summed E-state index contributed by atoms with van der Waals surface area (Å²) in [5, 5.41) is 10.8. The van der Waals surface area contributed by atoms with Gasteiger partial charge in [-0.25, -0.2) is 10.2 Å². The number of nitrogens with zero attached hydrogens (tertiary/aromatic N) is 2. The van der Waals surface area contributed by atoms with E-state index in [0.29, 0.717) is 5.56 Å². The first kappa shape index (κ1) is 17.6. The molecule has 3 aromatic rings. The van der Waals surface area contributed by atoms with E-state index in [1.807, 2.05) is 19.1 Å². The molecule has 8 heteroatoms. The fourth-order valence-electron chi connectivity index (χ4n) is 2.19. The summed E-state index contributed by atoms with van der Waals surface area (Å²) in [6.45, 7) is 2.02. The summed E-state index contributed by atoms with van der Waals surface area (Å²) < 4.78 is 4.63. The molecule has 0 aliphatic heterocycles. The van der Waals surface area contributed by atoms with E-state index in [0.717, 1.165) is 16.1 Å². The number of H-pyrrole nitrogens is 1. The molecule has 2 N–H and O–H groups in total. The lowest BCUT2D eigenvalue weighted by atomic mass is 10.1. The Labute approximate surface area is 153 Å². The van der Waals surface area contributed by atoms with Gasteiger partial charge in [0.05, 0.1) is 29.5 Å². The second-order valence-corrected chi connectivity index (χ2v) is 6.68. The molecule has 0 atom stereocenters. The number of benzene rings is 1. The average Bonchev–Trinajstić information content (AvgIpc) is 3.30. The zero-order chi connectivity index (χ0) is 18.5. The SMILES string of the molecule is COC(=O)c1ccc(C=NNC(=O)c2cc(-c3ccc(C)s3)[nH]n2)cc1. The van der Waals surface area contributed by atoms with Crippen molar-refractivity contribution in [1.29, 1.82) is 0 Å². The Bertz CT molecular complexity index is 957. The molecule has 1 amide bonds. The molecule has 0 aliphatic carbocycles. The maximum atomic E-state index is 12.1. The molecular weight excluding hydrogens is 352 g/mol. The summed E-state index contributed by atoms with van der Waals surface area (Å²) in [5.41, 5.74) is 4.64. The molecule has 3 rings (SSSR count). The van der Waals surface area contributed by atoms with Crippen LogP contribution >= 0.6 is 11.3 Å². The Morgan fingerprint density at radius 1 is 1.23 bits per heavy atom. The van der Waals surface area contributed by atoms with E-state index in [1.54, 1.807) is 41.7 Å².